The second-order valence-electron chi connectivity index (χ2n) is 6.72. The maximum absolute atomic E-state index is 13.0. The molecule has 0 saturated heterocycles. The number of carbonyl (C=O) groups excluding carboxylic acids is 1. The van der Waals surface area contributed by atoms with Crippen molar-refractivity contribution in [2.24, 2.45) is 0 Å². The number of fused-ring (bicyclic) bond motifs is 1. The molecule has 7 nitrogen and oxygen atoms in total. The molecule has 30 heavy (non-hydrogen) atoms. The summed E-state index contributed by atoms with van der Waals surface area (Å²) in [5.41, 5.74) is 2.78. The molecule has 1 amide bonds. The van der Waals surface area contributed by atoms with Gasteiger partial charge in [0, 0.05) is 4.88 Å². The summed E-state index contributed by atoms with van der Waals surface area (Å²) < 4.78 is 10.9. The lowest BCUT2D eigenvalue weighted by atomic mass is 10.1. The summed E-state index contributed by atoms with van der Waals surface area (Å²) in [5.74, 6) is 0.301. The quantitative estimate of drug-likeness (QED) is 0.406. The monoisotopic (exact) mass is 436 g/mol. The van der Waals surface area contributed by atoms with Gasteiger partial charge in [-0.25, -0.2) is 9.97 Å². The fourth-order valence-electron chi connectivity index (χ4n) is 3.14. The van der Waals surface area contributed by atoms with E-state index in [-0.39, 0.29) is 12.5 Å². The summed E-state index contributed by atoms with van der Waals surface area (Å²) in [5, 5.41) is 9.48. The average molecular weight is 437 g/mol. The minimum atomic E-state index is -0.246. The number of nitrogens with zero attached hydrogens (tertiary/aromatic N) is 3. The molecule has 1 N–H and O–H groups in total. The second-order valence-corrected chi connectivity index (χ2v) is 8.95. The van der Waals surface area contributed by atoms with Crippen molar-refractivity contribution in [2.45, 2.75) is 20.4 Å². The van der Waals surface area contributed by atoms with Crippen molar-refractivity contribution in [1.29, 1.82) is 0 Å². The minimum Gasteiger partial charge on any atom is -0.443 e. The van der Waals surface area contributed by atoms with Crippen LogP contribution >= 0.6 is 22.7 Å². The predicted octanol–water partition coefficient (Wildman–Crippen LogP) is 5.21. The third kappa shape index (κ3) is 3.42. The molecule has 0 unspecified atom stereocenters. The Morgan fingerprint density at radius 3 is 2.83 bits per heavy atom. The first-order chi connectivity index (χ1) is 14.6. The van der Waals surface area contributed by atoms with Crippen LogP contribution in [0.4, 0.5) is 0 Å². The molecule has 0 aliphatic carbocycles. The first kappa shape index (κ1) is 18.7. The molecule has 0 aromatic carbocycles. The molecule has 0 fully saturated rings. The van der Waals surface area contributed by atoms with Gasteiger partial charge in [0.15, 0.2) is 0 Å². The van der Waals surface area contributed by atoms with Crippen LogP contribution in [-0.2, 0) is 6.54 Å². The van der Waals surface area contributed by atoms with Gasteiger partial charge in [-0.1, -0.05) is 11.2 Å². The maximum atomic E-state index is 13.0. The Kier molecular flexibility index (Phi) is 4.68. The fourth-order valence-corrected chi connectivity index (χ4v) is 4.62. The molecule has 0 bridgehead atoms. The van der Waals surface area contributed by atoms with Gasteiger partial charge in [0.2, 0.25) is 5.89 Å². The topological polar surface area (TPSA) is 94.1 Å². The molecule has 5 rings (SSSR count). The summed E-state index contributed by atoms with van der Waals surface area (Å²) in [7, 11) is 0. The number of aromatic nitrogens is 3. The van der Waals surface area contributed by atoms with Crippen LogP contribution in [-0.4, -0.2) is 21.0 Å². The summed E-state index contributed by atoms with van der Waals surface area (Å²) in [6, 6.07) is 9.67. The van der Waals surface area contributed by atoms with Crippen molar-refractivity contribution in [1.82, 2.24) is 20.4 Å². The molecule has 0 saturated carbocycles. The van der Waals surface area contributed by atoms with Crippen LogP contribution in [0, 0.1) is 13.8 Å². The highest BCUT2D eigenvalue weighted by atomic mass is 32.1. The molecule has 0 aliphatic heterocycles. The van der Waals surface area contributed by atoms with Crippen LogP contribution in [0.1, 0.15) is 26.6 Å². The Hall–Kier alpha value is -3.30. The Labute approximate surface area is 179 Å². The SMILES string of the molecule is Cc1ccc(-c2cc(C(=O)NCc3coc(-c4cccs4)n3)c3c(C)noc3n2)s1. The molecule has 9 heteroatoms. The van der Waals surface area contributed by atoms with E-state index in [4.69, 9.17) is 8.94 Å². The Morgan fingerprint density at radius 1 is 1.17 bits per heavy atom. The van der Waals surface area contributed by atoms with Crippen molar-refractivity contribution in [3.05, 3.63) is 63.8 Å². The van der Waals surface area contributed by atoms with E-state index in [9.17, 15) is 4.79 Å². The average Bonchev–Trinajstić information content (AvgIpc) is 3.53. The summed E-state index contributed by atoms with van der Waals surface area (Å²) in [6.45, 7) is 4.07. The predicted molar refractivity (Wildman–Crippen MR) is 116 cm³/mol. The summed E-state index contributed by atoms with van der Waals surface area (Å²) >= 11 is 3.16. The van der Waals surface area contributed by atoms with Crippen LogP contribution < -0.4 is 5.32 Å². The lowest BCUT2D eigenvalue weighted by Gasteiger charge is -2.06. The second kappa shape index (κ2) is 7.51. The van der Waals surface area contributed by atoms with Gasteiger partial charge in [-0.05, 0) is 43.5 Å². The standard InChI is InChI=1S/C21H16N4O3S2/c1-11-5-6-16(30-11)15-8-14(18-12(2)25-28-21(18)24-15)19(26)22-9-13-10-27-20(23-13)17-4-3-7-29-17/h3-8,10H,9H2,1-2H3,(H,22,26). The van der Waals surface area contributed by atoms with Gasteiger partial charge in [0.25, 0.3) is 11.6 Å². The number of carbonyl (C=O) groups is 1. The number of amides is 1. The zero-order valence-corrected chi connectivity index (χ0v) is 17.8. The fraction of sp³-hybridized carbons (Fsp3) is 0.143. The Morgan fingerprint density at radius 2 is 2.07 bits per heavy atom. The molecule has 0 spiro atoms. The highest BCUT2D eigenvalue weighted by Crippen LogP contribution is 2.31. The van der Waals surface area contributed by atoms with Gasteiger partial charge in [-0.3, -0.25) is 4.79 Å². The molecule has 5 aromatic heterocycles. The molecular formula is C21H16N4O3S2. The van der Waals surface area contributed by atoms with Crippen LogP contribution in [0.5, 0.6) is 0 Å². The summed E-state index contributed by atoms with van der Waals surface area (Å²) in [6.07, 6.45) is 1.56. The van der Waals surface area contributed by atoms with E-state index >= 15 is 0 Å². The number of oxazole rings is 1. The molecular weight excluding hydrogens is 420 g/mol. The smallest absolute Gasteiger partial charge is 0.259 e. The first-order valence-electron chi connectivity index (χ1n) is 9.19. The van der Waals surface area contributed by atoms with E-state index < -0.39 is 0 Å². The molecule has 0 aliphatic rings. The molecule has 150 valence electrons. The number of hydrogen-bond acceptors (Lipinski definition) is 8. The number of pyridine rings is 1. The first-order valence-corrected chi connectivity index (χ1v) is 10.9. The van der Waals surface area contributed by atoms with Crippen molar-refractivity contribution < 1.29 is 13.7 Å². The highest BCUT2D eigenvalue weighted by Gasteiger charge is 2.20. The largest absolute Gasteiger partial charge is 0.443 e. The van der Waals surface area contributed by atoms with E-state index in [1.807, 2.05) is 36.6 Å². The number of thiophene rings is 2. The van der Waals surface area contributed by atoms with E-state index in [0.717, 1.165) is 9.75 Å². The van der Waals surface area contributed by atoms with Crippen molar-refractivity contribution in [3.8, 4) is 21.3 Å². The van der Waals surface area contributed by atoms with Gasteiger partial charge in [-0.2, -0.15) is 0 Å². The van der Waals surface area contributed by atoms with Gasteiger partial charge in [0.05, 0.1) is 44.3 Å². The van der Waals surface area contributed by atoms with Crippen LogP contribution in [0.15, 0.2) is 50.9 Å². The number of nitrogens with one attached hydrogen (secondary N) is 1. The number of aryl methyl sites for hydroxylation is 2. The number of hydrogen-bond donors (Lipinski definition) is 1. The Balaban J connectivity index is 1.43. The van der Waals surface area contributed by atoms with Crippen molar-refractivity contribution in [3.63, 3.8) is 0 Å². The third-order valence-corrected chi connectivity index (χ3v) is 6.45. The van der Waals surface area contributed by atoms with Gasteiger partial charge in [0.1, 0.15) is 6.26 Å². The zero-order valence-electron chi connectivity index (χ0n) is 16.1. The highest BCUT2D eigenvalue weighted by molar-refractivity contribution is 7.15. The van der Waals surface area contributed by atoms with Crippen LogP contribution in [0.25, 0.3) is 32.4 Å². The van der Waals surface area contributed by atoms with Crippen molar-refractivity contribution >= 4 is 39.7 Å². The third-order valence-electron chi connectivity index (χ3n) is 4.57. The zero-order chi connectivity index (χ0) is 20.7. The van der Waals surface area contributed by atoms with E-state index in [1.165, 1.54) is 4.88 Å². The molecule has 5 heterocycles. The lowest BCUT2D eigenvalue weighted by molar-refractivity contribution is 0.0952. The van der Waals surface area contributed by atoms with E-state index in [1.54, 1.807) is 41.9 Å². The van der Waals surface area contributed by atoms with Crippen LogP contribution in [0.3, 0.4) is 0 Å². The Bertz CT molecular complexity index is 1350. The van der Waals surface area contributed by atoms with Crippen molar-refractivity contribution in [2.75, 3.05) is 0 Å². The number of rotatable bonds is 5. The van der Waals surface area contributed by atoms with E-state index in [2.05, 4.69) is 20.4 Å². The van der Waals surface area contributed by atoms with Crippen LogP contribution in [0.2, 0.25) is 0 Å². The van der Waals surface area contributed by atoms with E-state index in [0.29, 0.717) is 39.6 Å². The summed E-state index contributed by atoms with van der Waals surface area (Å²) in [4.78, 5) is 25.1. The normalized spacial score (nSPS) is 11.3. The van der Waals surface area contributed by atoms with Gasteiger partial charge in [-0.15, -0.1) is 22.7 Å². The molecule has 0 atom stereocenters. The molecule has 5 aromatic rings. The van der Waals surface area contributed by atoms with Gasteiger partial charge < -0.3 is 14.3 Å². The lowest BCUT2D eigenvalue weighted by Crippen LogP contribution is -2.23. The molecule has 0 radical (unpaired) electrons. The maximum Gasteiger partial charge on any atom is 0.259 e. The van der Waals surface area contributed by atoms with Gasteiger partial charge >= 0.3 is 0 Å². The minimum absolute atomic E-state index is 0.245.